The number of phenols is 1. The van der Waals surface area contributed by atoms with Crippen LogP contribution in [0, 0.1) is 0 Å². The Morgan fingerprint density at radius 3 is 2.27 bits per heavy atom. The largest absolute Gasteiger partial charge is 1.00 e. The van der Waals surface area contributed by atoms with Crippen molar-refractivity contribution in [1.82, 2.24) is 0 Å². The van der Waals surface area contributed by atoms with Crippen molar-refractivity contribution in [3.63, 3.8) is 0 Å². The van der Waals surface area contributed by atoms with Gasteiger partial charge in [0.05, 0.1) is 5.41 Å². The predicted molar refractivity (Wildman–Crippen MR) is 87.5 cm³/mol. The van der Waals surface area contributed by atoms with Gasteiger partial charge in [0.2, 0.25) is 5.69 Å². The highest BCUT2D eigenvalue weighted by Gasteiger charge is 2.42. The maximum absolute atomic E-state index is 9.88. The molecule has 0 aromatic heterocycles. The maximum Gasteiger partial charge on any atom is 0.209 e. The van der Waals surface area contributed by atoms with E-state index >= 15 is 0 Å². The monoisotopic (exact) mass is 357 g/mol. The summed E-state index contributed by atoms with van der Waals surface area (Å²) in [4.78, 5) is 0. The van der Waals surface area contributed by atoms with Crippen LogP contribution in [-0.2, 0) is 5.41 Å². The van der Waals surface area contributed by atoms with E-state index in [1.807, 2.05) is 24.3 Å². The van der Waals surface area contributed by atoms with Gasteiger partial charge in [0.1, 0.15) is 12.8 Å². The highest BCUT2D eigenvalue weighted by molar-refractivity contribution is 6.05. The van der Waals surface area contributed by atoms with Crippen molar-refractivity contribution in [3.8, 4) is 5.75 Å². The number of hydrogen-bond acceptors (Lipinski definition) is 1. The summed E-state index contributed by atoms with van der Waals surface area (Å²) in [6.07, 6.45) is 4.09. The molecule has 0 saturated heterocycles. The number of fused-ring (bicyclic) bond motifs is 1. The first kappa shape index (κ1) is 16.5. The molecule has 114 valence electrons. The highest BCUT2D eigenvalue weighted by atomic mass is 79.9. The second-order valence-corrected chi connectivity index (χ2v) is 5.98. The molecule has 1 aliphatic heterocycles. The Morgan fingerprint density at radius 1 is 0.955 bits per heavy atom. The van der Waals surface area contributed by atoms with E-state index < -0.39 is 0 Å². The van der Waals surface area contributed by atoms with E-state index in [1.165, 1.54) is 17.0 Å². The quantitative estimate of drug-likeness (QED) is 0.799. The molecule has 0 atom stereocenters. The van der Waals surface area contributed by atoms with Crippen LogP contribution in [0.2, 0.25) is 0 Å². The number of nitrogens with zero attached hydrogens (tertiary/aromatic N) is 1. The molecule has 1 heterocycles. The Labute approximate surface area is 142 Å². The molecule has 0 fully saturated rings. The Morgan fingerprint density at radius 2 is 1.59 bits per heavy atom. The first-order valence-electron chi connectivity index (χ1n) is 7.18. The van der Waals surface area contributed by atoms with Crippen LogP contribution in [0.1, 0.15) is 25.0 Å². The first-order chi connectivity index (χ1) is 10.0. The average Bonchev–Trinajstić information content (AvgIpc) is 2.67. The molecule has 0 bridgehead atoms. The Kier molecular flexibility index (Phi) is 4.57. The lowest BCUT2D eigenvalue weighted by Crippen LogP contribution is -3.00. The van der Waals surface area contributed by atoms with E-state index in [0.717, 1.165) is 5.56 Å². The van der Waals surface area contributed by atoms with Crippen LogP contribution in [0.4, 0.5) is 5.69 Å². The standard InChI is InChI=1S/C19H19NO.BrH/c1-19(2)15-9-5-6-10-16(15)20(3)18(19)13-12-14-8-4-7-11-17(14)21;/h4-13H,1-3H3;1H. The summed E-state index contributed by atoms with van der Waals surface area (Å²) in [6, 6.07) is 15.9. The zero-order valence-corrected chi connectivity index (χ0v) is 14.6. The van der Waals surface area contributed by atoms with Crippen molar-refractivity contribution in [2.45, 2.75) is 19.3 Å². The summed E-state index contributed by atoms with van der Waals surface area (Å²) in [5.74, 6) is 0.310. The van der Waals surface area contributed by atoms with Gasteiger partial charge in [-0.2, -0.15) is 4.58 Å². The molecule has 1 N–H and O–H groups in total. The Hall–Kier alpha value is -1.87. The minimum absolute atomic E-state index is 0. The molecule has 0 spiro atoms. The molecular weight excluding hydrogens is 338 g/mol. The van der Waals surface area contributed by atoms with Crippen LogP contribution in [-0.4, -0.2) is 22.4 Å². The molecule has 0 radical (unpaired) electrons. The molecule has 2 nitrogen and oxygen atoms in total. The molecule has 3 rings (SSSR count). The normalized spacial score (nSPS) is 15.8. The second kappa shape index (κ2) is 6.09. The molecular formula is C19H20BrNO. The van der Waals surface area contributed by atoms with Gasteiger partial charge < -0.3 is 22.1 Å². The highest BCUT2D eigenvalue weighted by Crippen LogP contribution is 2.39. The number of para-hydroxylation sites is 2. The van der Waals surface area contributed by atoms with E-state index in [0.29, 0.717) is 5.75 Å². The van der Waals surface area contributed by atoms with Crippen molar-refractivity contribution in [1.29, 1.82) is 0 Å². The van der Waals surface area contributed by atoms with Crippen molar-refractivity contribution in [2.75, 3.05) is 7.05 Å². The molecule has 0 aliphatic carbocycles. The minimum atomic E-state index is -0.0355. The summed E-state index contributed by atoms with van der Waals surface area (Å²) < 4.78 is 2.23. The van der Waals surface area contributed by atoms with Gasteiger partial charge in [-0.15, -0.1) is 0 Å². The summed E-state index contributed by atoms with van der Waals surface area (Å²) >= 11 is 0. The third-order valence-corrected chi connectivity index (χ3v) is 4.30. The molecule has 22 heavy (non-hydrogen) atoms. The lowest BCUT2D eigenvalue weighted by atomic mass is 9.81. The summed E-state index contributed by atoms with van der Waals surface area (Å²) in [7, 11) is 2.10. The minimum Gasteiger partial charge on any atom is -1.00 e. The summed E-state index contributed by atoms with van der Waals surface area (Å²) in [5.41, 5.74) is 4.62. The zero-order valence-electron chi connectivity index (χ0n) is 13.0. The van der Waals surface area contributed by atoms with Crippen LogP contribution in [0.25, 0.3) is 6.08 Å². The van der Waals surface area contributed by atoms with E-state index in [4.69, 9.17) is 0 Å². The van der Waals surface area contributed by atoms with Gasteiger partial charge in [-0.1, -0.05) is 36.4 Å². The van der Waals surface area contributed by atoms with Crippen LogP contribution in [0.15, 0.2) is 54.6 Å². The topological polar surface area (TPSA) is 23.2 Å². The number of phenolic OH excluding ortho intramolecular Hbond substituents is 1. The van der Waals surface area contributed by atoms with Gasteiger partial charge in [-0.25, -0.2) is 0 Å². The van der Waals surface area contributed by atoms with E-state index in [9.17, 15) is 5.11 Å². The van der Waals surface area contributed by atoms with Gasteiger partial charge in [0.15, 0.2) is 5.71 Å². The lowest BCUT2D eigenvalue weighted by molar-refractivity contribution is -0.401. The fourth-order valence-corrected chi connectivity index (χ4v) is 3.10. The van der Waals surface area contributed by atoms with Gasteiger partial charge in [0.25, 0.3) is 0 Å². The summed E-state index contributed by atoms with van der Waals surface area (Å²) in [5, 5.41) is 9.88. The molecule has 2 aromatic carbocycles. The first-order valence-corrected chi connectivity index (χ1v) is 7.18. The van der Waals surface area contributed by atoms with Gasteiger partial charge >= 0.3 is 0 Å². The number of halogens is 1. The van der Waals surface area contributed by atoms with Crippen LogP contribution >= 0.6 is 0 Å². The van der Waals surface area contributed by atoms with E-state index in [-0.39, 0.29) is 22.4 Å². The van der Waals surface area contributed by atoms with Crippen LogP contribution in [0.3, 0.4) is 0 Å². The molecule has 0 saturated carbocycles. The SMILES string of the molecule is C[N+]1=C(/C=C/c2ccccc2O)C(C)(C)c2ccccc21.[Br-]. The number of rotatable bonds is 2. The van der Waals surface area contributed by atoms with Crippen molar-refractivity contribution < 1.29 is 26.7 Å². The maximum atomic E-state index is 9.88. The second-order valence-electron chi connectivity index (χ2n) is 5.98. The molecule has 0 unspecified atom stereocenters. The van der Waals surface area contributed by atoms with E-state index in [1.54, 1.807) is 6.07 Å². The number of hydrogen-bond donors (Lipinski definition) is 1. The van der Waals surface area contributed by atoms with Gasteiger partial charge in [-0.05, 0) is 26.0 Å². The molecule has 3 heteroatoms. The molecule has 1 aliphatic rings. The Bertz CT molecular complexity index is 760. The average molecular weight is 358 g/mol. The van der Waals surface area contributed by atoms with Gasteiger partial charge in [-0.3, -0.25) is 0 Å². The number of allylic oxidation sites excluding steroid dienone is 1. The number of aromatic hydroxyl groups is 1. The van der Waals surface area contributed by atoms with Crippen molar-refractivity contribution in [3.05, 3.63) is 65.7 Å². The summed E-state index contributed by atoms with van der Waals surface area (Å²) in [6.45, 7) is 4.47. The lowest BCUT2D eigenvalue weighted by Gasteiger charge is -2.15. The fourth-order valence-electron chi connectivity index (χ4n) is 3.10. The van der Waals surface area contributed by atoms with Crippen molar-refractivity contribution in [2.24, 2.45) is 0 Å². The third kappa shape index (κ3) is 2.61. The Balaban J connectivity index is 0.00000176. The third-order valence-electron chi connectivity index (χ3n) is 4.30. The predicted octanol–water partition coefficient (Wildman–Crippen LogP) is 1.12. The van der Waals surface area contributed by atoms with Gasteiger partial charge in [0, 0.05) is 23.3 Å². The number of benzene rings is 2. The van der Waals surface area contributed by atoms with Crippen LogP contribution in [0.5, 0.6) is 5.75 Å². The van der Waals surface area contributed by atoms with Crippen LogP contribution < -0.4 is 17.0 Å². The molecule has 2 aromatic rings. The van der Waals surface area contributed by atoms with E-state index in [2.05, 4.69) is 55.8 Å². The fraction of sp³-hybridized carbons (Fsp3) is 0.211. The molecule has 0 amide bonds. The van der Waals surface area contributed by atoms with Crippen molar-refractivity contribution >= 4 is 17.5 Å². The zero-order chi connectivity index (χ0) is 15.0. The smallest absolute Gasteiger partial charge is 0.209 e.